The number of benzene rings is 1. The predicted octanol–water partition coefficient (Wildman–Crippen LogP) is 0.853. The number of ether oxygens (including phenoxy) is 2. The van der Waals surface area contributed by atoms with E-state index in [0.717, 1.165) is 17.0 Å². The molecule has 8 nitrogen and oxygen atoms in total. The maximum absolute atomic E-state index is 12.7. The van der Waals surface area contributed by atoms with E-state index in [1.54, 1.807) is 29.9 Å². The quantitative estimate of drug-likeness (QED) is 0.729. The Bertz CT molecular complexity index is 818. The van der Waals surface area contributed by atoms with E-state index in [9.17, 15) is 9.59 Å². The monoisotopic (exact) mass is 372 g/mol. The highest BCUT2D eigenvalue weighted by molar-refractivity contribution is 5.92. The molecule has 3 rings (SSSR count). The summed E-state index contributed by atoms with van der Waals surface area (Å²) in [6.45, 7) is 2.47. The molecule has 27 heavy (non-hydrogen) atoms. The zero-order valence-electron chi connectivity index (χ0n) is 15.6. The Hall–Kier alpha value is -2.87. The molecule has 8 heteroatoms. The number of fused-ring (bicyclic) bond motifs is 1. The molecule has 0 atom stereocenters. The van der Waals surface area contributed by atoms with Crippen LogP contribution in [0.2, 0.25) is 0 Å². The molecule has 0 spiro atoms. The molecule has 0 saturated heterocycles. The van der Waals surface area contributed by atoms with Gasteiger partial charge in [0.1, 0.15) is 5.75 Å². The molecule has 2 heterocycles. The van der Waals surface area contributed by atoms with Gasteiger partial charge in [-0.05, 0) is 23.8 Å². The standard InChI is InChI=1S/C19H24N4O4/c1-26-9-6-20-19(25)17-12-15-13-22(7-8-23(15)21-17)18(24)11-14-4-3-5-16(10-14)27-2/h3-5,10,12H,6-9,11,13H2,1-2H3,(H,20,25). The zero-order valence-corrected chi connectivity index (χ0v) is 15.6. The number of nitrogens with one attached hydrogen (secondary N) is 1. The smallest absolute Gasteiger partial charge is 0.271 e. The molecule has 1 N–H and O–H groups in total. The van der Waals surface area contributed by atoms with Crippen molar-refractivity contribution < 1.29 is 19.1 Å². The minimum Gasteiger partial charge on any atom is -0.497 e. The van der Waals surface area contributed by atoms with Crippen molar-refractivity contribution in [3.8, 4) is 5.75 Å². The molecule has 1 aromatic carbocycles. The number of nitrogens with zero attached hydrogens (tertiary/aromatic N) is 3. The van der Waals surface area contributed by atoms with Crippen molar-refractivity contribution in [2.24, 2.45) is 0 Å². The van der Waals surface area contributed by atoms with E-state index in [1.807, 2.05) is 24.3 Å². The summed E-state index contributed by atoms with van der Waals surface area (Å²) in [5, 5.41) is 7.09. The van der Waals surface area contributed by atoms with Crippen LogP contribution in [0.3, 0.4) is 0 Å². The fourth-order valence-electron chi connectivity index (χ4n) is 3.02. The van der Waals surface area contributed by atoms with E-state index >= 15 is 0 Å². The summed E-state index contributed by atoms with van der Waals surface area (Å²) < 4.78 is 11.9. The minimum atomic E-state index is -0.233. The van der Waals surface area contributed by atoms with Gasteiger partial charge in [-0.25, -0.2) is 0 Å². The third-order valence-corrected chi connectivity index (χ3v) is 4.46. The number of carbonyl (C=O) groups is 2. The largest absolute Gasteiger partial charge is 0.497 e. The van der Waals surface area contributed by atoms with Crippen LogP contribution in [0.4, 0.5) is 0 Å². The number of rotatable bonds is 7. The van der Waals surface area contributed by atoms with Crippen LogP contribution in [0.1, 0.15) is 21.7 Å². The molecule has 144 valence electrons. The molecule has 0 fully saturated rings. The topological polar surface area (TPSA) is 85.7 Å². The van der Waals surface area contributed by atoms with Gasteiger partial charge < -0.3 is 19.7 Å². The van der Waals surface area contributed by atoms with Gasteiger partial charge in [-0.2, -0.15) is 5.10 Å². The fraction of sp³-hybridized carbons (Fsp3) is 0.421. The van der Waals surface area contributed by atoms with E-state index < -0.39 is 0 Å². The number of hydrogen-bond donors (Lipinski definition) is 1. The van der Waals surface area contributed by atoms with E-state index in [4.69, 9.17) is 9.47 Å². The first-order valence-electron chi connectivity index (χ1n) is 8.85. The highest BCUT2D eigenvalue weighted by Crippen LogP contribution is 2.17. The van der Waals surface area contributed by atoms with Crippen molar-refractivity contribution in [1.82, 2.24) is 20.0 Å². The summed E-state index contributed by atoms with van der Waals surface area (Å²) in [6.07, 6.45) is 0.315. The van der Waals surface area contributed by atoms with Crippen molar-refractivity contribution in [3.05, 3.63) is 47.3 Å². The summed E-state index contributed by atoms with van der Waals surface area (Å²) in [5.41, 5.74) is 2.14. The van der Waals surface area contributed by atoms with Crippen molar-refractivity contribution >= 4 is 11.8 Å². The van der Waals surface area contributed by atoms with Crippen LogP contribution in [0.15, 0.2) is 30.3 Å². The Morgan fingerprint density at radius 1 is 1.22 bits per heavy atom. The van der Waals surface area contributed by atoms with E-state index in [1.165, 1.54) is 0 Å². The van der Waals surface area contributed by atoms with Gasteiger partial charge in [0.25, 0.3) is 5.91 Å². The number of methoxy groups -OCH3 is 2. The van der Waals surface area contributed by atoms with Crippen LogP contribution in [-0.4, -0.2) is 60.4 Å². The molecule has 0 aliphatic carbocycles. The Labute approximate surface area is 158 Å². The number of amides is 2. The highest BCUT2D eigenvalue weighted by atomic mass is 16.5. The second-order valence-electron chi connectivity index (χ2n) is 6.34. The second kappa shape index (κ2) is 8.68. The van der Waals surface area contributed by atoms with Gasteiger partial charge in [0, 0.05) is 20.2 Å². The second-order valence-corrected chi connectivity index (χ2v) is 6.34. The first kappa shape index (κ1) is 18.9. The van der Waals surface area contributed by atoms with Crippen LogP contribution in [0, 0.1) is 0 Å². The SMILES string of the molecule is COCCNC(=O)c1cc2n(n1)CCN(C(=O)Cc1cccc(OC)c1)C2. The third-order valence-electron chi connectivity index (χ3n) is 4.46. The lowest BCUT2D eigenvalue weighted by Gasteiger charge is -2.27. The first-order chi connectivity index (χ1) is 13.1. The Morgan fingerprint density at radius 2 is 2.07 bits per heavy atom. The van der Waals surface area contributed by atoms with Crippen molar-refractivity contribution in [3.63, 3.8) is 0 Å². The maximum Gasteiger partial charge on any atom is 0.271 e. The molecule has 2 aromatic rings. The lowest BCUT2D eigenvalue weighted by molar-refractivity contribution is -0.132. The maximum atomic E-state index is 12.7. The van der Waals surface area contributed by atoms with Gasteiger partial charge in [-0.15, -0.1) is 0 Å². The number of hydrogen-bond acceptors (Lipinski definition) is 5. The van der Waals surface area contributed by atoms with Gasteiger partial charge in [0.05, 0.1) is 38.9 Å². The Kier molecular flexibility index (Phi) is 6.08. The zero-order chi connectivity index (χ0) is 19.2. The van der Waals surface area contributed by atoms with E-state index in [2.05, 4.69) is 10.4 Å². The van der Waals surface area contributed by atoms with Crippen LogP contribution in [0.25, 0.3) is 0 Å². The lowest BCUT2D eigenvalue weighted by Crippen LogP contribution is -2.39. The average Bonchev–Trinajstić information content (AvgIpc) is 3.11. The van der Waals surface area contributed by atoms with Crippen LogP contribution in [-0.2, 0) is 29.0 Å². The predicted molar refractivity (Wildman–Crippen MR) is 98.6 cm³/mol. The van der Waals surface area contributed by atoms with Gasteiger partial charge in [0.2, 0.25) is 5.91 Å². The summed E-state index contributed by atoms with van der Waals surface area (Å²) in [7, 11) is 3.19. The summed E-state index contributed by atoms with van der Waals surface area (Å²) in [5.74, 6) is 0.547. The lowest BCUT2D eigenvalue weighted by atomic mass is 10.1. The average molecular weight is 372 g/mol. The summed E-state index contributed by atoms with van der Waals surface area (Å²) in [4.78, 5) is 26.6. The summed E-state index contributed by atoms with van der Waals surface area (Å²) in [6, 6.07) is 9.26. The molecule has 0 bridgehead atoms. The van der Waals surface area contributed by atoms with E-state index in [-0.39, 0.29) is 11.8 Å². The molecule has 0 unspecified atom stereocenters. The third kappa shape index (κ3) is 4.65. The number of carbonyl (C=O) groups excluding carboxylic acids is 2. The summed E-state index contributed by atoms with van der Waals surface area (Å²) >= 11 is 0. The Balaban J connectivity index is 1.61. The van der Waals surface area contributed by atoms with Crippen molar-refractivity contribution in [2.75, 3.05) is 33.9 Å². The highest BCUT2D eigenvalue weighted by Gasteiger charge is 2.24. The molecule has 0 saturated carbocycles. The molecular weight excluding hydrogens is 348 g/mol. The Morgan fingerprint density at radius 3 is 2.85 bits per heavy atom. The van der Waals surface area contributed by atoms with Crippen LogP contribution < -0.4 is 10.1 Å². The van der Waals surface area contributed by atoms with Crippen LogP contribution >= 0.6 is 0 Å². The first-order valence-corrected chi connectivity index (χ1v) is 8.85. The van der Waals surface area contributed by atoms with Crippen molar-refractivity contribution in [1.29, 1.82) is 0 Å². The number of aromatic nitrogens is 2. The van der Waals surface area contributed by atoms with Gasteiger partial charge in [-0.1, -0.05) is 12.1 Å². The molecule has 1 aliphatic rings. The molecule has 0 radical (unpaired) electrons. The van der Waals surface area contributed by atoms with Crippen LogP contribution in [0.5, 0.6) is 5.75 Å². The minimum absolute atomic E-state index is 0.0433. The van der Waals surface area contributed by atoms with Gasteiger partial charge >= 0.3 is 0 Å². The molecular formula is C19H24N4O4. The van der Waals surface area contributed by atoms with Gasteiger partial charge in [-0.3, -0.25) is 14.3 Å². The molecule has 1 aliphatic heterocycles. The van der Waals surface area contributed by atoms with Gasteiger partial charge in [0.15, 0.2) is 5.69 Å². The normalized spacial score (nSPS) is 13.2. The fourth-order valence-corrected chi connectivity index (χ4v) is 3.02. The molecule has 1 aromatic heterocycles. The van der Waals surface area contributed by atoms with Crippen molar-refractivity contribution in [2.45, 2.75) is 19.5 Å². The molecule has 2 amide bonds. The van der Waals surface area contributed by atoms with E-state index in [0.29, 0.717) is 44.9 Å².